The molecule has 0 unspecified atom stereocenters. The van der Waals surface area contributed by atoms with Gasteiger partial charge in [0.2, 0.25) is 0 Å². The van der Waals surface area contributed by atoms with Crippen LogP contribution in [0.25, 0.3) is 10.9 Å². The molecule has 0 aliphatic heterocycles. The lowest BCUT2D eigenvalue weighted by Crippen LogP contribution is -2.33. The third-order valence-electron chi connectivity index (χ3n) is 3.17. The molecule has 20 heavy (non-hydrogen) atoms. The van der Waals surface area contributed by atoms with Crippen LogP contribution in [-0.4, -0.2) is 42.6 Å². The molecule has 106 valence electrons. The second kappa shape index (κ2) is 6.72. The lowest BCUT2D eigenvalue weighted by molar-refractivity contribution is 0.0706. The van der Waals surface area contributed by atoms with E-state index >= 15 is 0 Å². The second-order valence-electron chi connectivity index (χ2n) is 4.45. The predicted octanol–water partition coefficient (Wildman–Crippen LogP) is 2.63. The van der Waals surface area contributed by atoms with Crippen molar-refractivity contribution in [1.29, 1.82) is 0 Å². The lowest BCUT2D eigenvalue weighted by Gasteiger charge is -2.20. The molecule has 2 aromatic rings. The van der Waals surface area contributed by atoms with E-state index in [1.807, 2.05) is 25.1 Å². The average molecular weight is 290 g/mol. The van der Waals surface area contributed by atoms with Gasteiger partial charge >= 0.3 is 0 Å². The molecule has 0 aliphatic rings. The highest BCUT2D eigenvalue weighted by molar-refractivity contribution is 7.80. The minimum absolute atomic E-state index is 0.00870. The average Bonchev–Trinajstić information content (AvgIpc) is 2.47. The van der Waals surface area contributed by atoms with Gasteiger partial charge in [-0.2, -0.15) is 0 Å². The van der Waals surface area contributed by atoms with E-state index in [1.165, 1.54) is 0 Å². The van der Waals surface area contributed by atoms with E-state index in [9.17, 15) is 4.79 Å². The summed E-state index contributed by atoms with van der Waals surface area (Å²) in [4.78, 5) is 19.2. The molecule has 0 N–H and O–H groups in total. The Morgan fingerprint density at radius 1 is 1.45 bits per heavy atom. The van der Waals surface area contributed by atoms with Crippen LogP contribution in [-0.2, 0) is 4.74 Å². The van der Waals surface area contributed by atoms with Gasteiger partial charge in [-0.25, -0.2) is 0 Å². The SMILES string of the molecule is CCN(CCOC)C(=O)c1cc(S)c2ncccc2c1. The maximum absolute atomic E-state index is 12.5. The summed E-state index contributed by atoms with van der Waals surface area (Å²) >= 11 is 4.43. The minimum atomic E-state index is -0.00870. The van der Waals surface area contributed by atoms with Crippen molar-refractivity contribution in [3.05, 3.63) is 36.0 Å². The molecule has 0 aliphatic carbocycles. The van der Waals surface area contributed by atoms with Crippen LogP contribution in [0.15, 0.2) is 35.4 Å². The van der Waals surface area contributed by atoms with E-state index in [0.717, 1.165) is 10.9 Å². The normalized spacial score (nSPS) is 10.8. The molecular weight excluding hydrogens is 272 g/mol. The van der Waals surface area contributed by atoms with E-state index in [4.69, 9.17) is 4.74 Å². The van der Waals surface area contributed by atoms with E-state index in [0.29, 0.717) is 30.2 Å². The second-order valence-corrected chi connectivity index (χ2v) is 4.93. The van der Waals surface area contributed by atoms with Crippen LogP contribution < -0.4 is 0 Å². The topological polar surface area (TPSA) is 42.4 Å². The zero-order valence-corrected chi connectivity index (χ0v) is 12.6. The Morgan fingerprint density at radius 3 is 2.95 bits per heavy atom. The van der Waals surface area contributed by atoms with Gasteiger partial charge in [-0.3, -0.25) is 9.78 Å². The fourth-order valence-electron chi connectivity index (χ4n) is 2.08. The van der Waals surface area contributed by atoms with Crippen LogP contribution in [0.2, 0.25) is 0 Å². The fourth-order valence-corrected chi connectivity index (χ4v) is 2.41. The Morgan fingerprint density at radius 2 is 2.25 bits per heavy atom. The highest BCUT2D eigenvalue weighted by Crippen LogP contribution is 2.22. The van der Waals surface area contributed by atoms with Crippen LogP contribution in [0, 0.1) is 0 Å². The molecule has 1 amide bonds. The zero-order chi connectivity index (χ0) is 14.5. The summed E-state index contributed by atoms with van der Waals surface area (Å²) in [5, 5.41) is 0.922. The number of nitrogens with zero attached hydrogens (tertiary/aromatic N) is 2. The van der Waals surface area contributed by atoms with Crippen molar-refractivity contribution < 1.29 is 9.53 Å². The number of thiol groups is 1. The van der Waals surface area contributed by atoms with E-state index in [1.54, 1.807) is 24.3 Å². The summed E-state index contributed by atoms with van der Waals surface area (Å²) in [6.45, 7) is 3.72. The van der Waals surface area contributed by atoms with Gasteiger partial charge in [-0.1, -0.05) is 6.07 Å². The number of benzene rings is 1. The van der Waals surface area contributed by atoms with Crippen molar-refractivity contribution >= 4 is 29.4 Å². The van der Waals surface area contributed by atoms with Crippen LogP contribution in [0.1, 0.15) is 17.3 Å². The molecule has 0 fully saturated rings. The molecule has 0 bridgehead atoms. The highest BCUT2D eigenvalue weighted by Gasteiger charge is 2.15. The van der Waals surface area contributed by atoms with Gasteiger partial charge in [-0.15, -0.1) is 12.6 Å². The Labute approximate surface area is 124 Å². The molecule has 0 saturated heterocycles. The van der Waals surface area contributed by atoms with Crippen LogP contribution in [0.4, 0.5) is 0 Å². The van der Waals surface area contributed by atoms with Gasteiger partial charge in [0, 0.05) is 42.2 Å². The molecule has 1 aromatic carbocycles. The van der Waals surface area contributed by atoms with Crippen LogP contribution in [0.5, 0.6) is 0 Å². The number of methoxy groups -OCH3 is 1. The summed E-state index contributed by atoms with van der Waals surface area (Å²) in [6, 6.07) is 7.42. The number of fused-ring (bicyclic) bond motifs is 1. The monoisotopic (exact) mass is 290 g/mol. The maximum Gasteiger partial charge on any atom is 0.253 e. The number of hydrogen-bond donors (Lipinski definition) is 1. The van der Waals surface area contributed by atoms with Gasteiger partial charge in [-0.05, 0) is 25.1 Å². The van der Waals surface area contributed by atoms with Crippen LogP contribution in [0.3, 0.4) is 0 Å². The third kappa shape index (κ3) is 3.11. The number of pyridine rings is 1. The number of rotatable bonds is 5. The maximum atomic E-state index is 12.5. The van der Waals surface area contributed by atoms with E-state index in [-0.39, 0.29) is 5.91 Å². The first-order valence-corrected chi connectivity index (χ1v) is 6.98. The van der Waals surface area contributed by atoms with Crippen LogP contribution >= 0.6 is 12.6 Å². The molecule has 0 atom stereocenters. The zero-order valence-electron chi connectivity index (χ0n) is 11.7. The first-order chi connectivity index (χ1) is 9.67. The summed E-state index contributed by atoms with van der Waals surface area (Å²) in [7, 11) is 1.63. The Hall–Kier alpha value is -1.59. The van der Waals surface area contributed by atoms with Crippen molar-refractivity contribution in [2.75, 3.05) is 26.8 Å². The third-order valence-corrected chi connectivity index (χ3v) is 3.51. The van der Waals surface area contributed by atoms with E-state index in [2.05, 4.69) is 17.6 Å². The van der Waals surface area contributed by atoms with Crippen molar-refractivity contribution in [3.8, 4) is 0 Å². The molecule has 2 rings (SSSR count). The number of aromatic nitrogens is 1. The number of ether oxygens (including phenoxy) is 1. The quantitative estimate of drug-likeness (QED) is 0.861. The van der Waals surface area contributed by atoms with E-state index < -0.39 is 0 Å². The molecule has 1 heterocycles. The van der Waals surface area contributed by atoms with Crippen molar-refractivity contribution in [2.45, 2.75) is 11.8 Å². The molecule has 0 saturated carbocycles. The summed E-state index contributed by atoms with van der Waals surface area (Å²) < 4.78 is 5.04. The van der Waals surface area contributed by atoms with Gasteiger partial charge in [0.15, 0.2) is 0 Å². The van der Waals surface area contributed by atoms with Gasteiger partial charge in [0.25, 0.3) is 5.91 Å². The highest BCUT2D eigenvalue weighted by atomic mass is 32.1. The lowest BCUT2D eigenvalue weighted by atomic mass is 10.1. The standard InChI is InChI=1S/C15H18N2O2S/c1-3-17(7-8-19-2)15(18)12-9-11-5-4-6-16-14(11)13(20)10-12/h4-6,9-10,20H,3,7-8H2,1-2H3. The van der Waals surface area contributed by atoms with Gasteiger partial charge in [0.1, 0.15) is 0 Å². The largest absolute Gasteiger partial charge is 0.383 e. The van der Waals surface area contributed by atoms with Crippen molar-refractivity contribution in [1.82, 2.24) is 9.88 Å². The number of carbonyl (C=O) groups is 1. The number of hydrogen-bond acceptors (Lipinski definition) is 4. The van der Waals surface area contributed by atoms with Gasteiger partial charge in [0.05, 0.1) is 12.1 Å². The first-order valence-electron chi connectivity index (χ1n) is 6.53. The Kier molecular flexibility index (Phi) is 4.98. The van der Waals surface area contributed by atoms with Crippen molar-refractivity contribution in [3.63, 3.8) is 0 Å². The first kappa shape index (κ1) is 14.8. The molecule has 5 heteroatoms. The Balaban J connectivity index is 2.34. The molecule has 0 spiro atoms. The molecule has 1 aromatic heterocycles. The minimum Gasteiger partial charge on any atom is -0.383 e. The number of likely N-dealkylation sites (N-methyl/N-ethyl adjacent to an activating group) is 1. The van der Waals surface area contributed by atoms with Gasteiger partial charge < -0.3 is 9.64 Å². The summed E-state index contributed by atoms with van der Waals surface area (Å²) in [5.41, 5.74) is 1.45. The smallest absolute Gasteiger partial charge is 0.253 e. The number of amides is 1. The fraction of sp³-hybridized carbons (Fsp3) is 0.333. The summed E-state index contributed by atoms with van der Waals surface area (Å²) in [6.07, 6.45) is 1.72. The summed E-state index contributed by atoms with van der Waals surface area (Å²) in [5.74, 6) is -0.00870. The molecule has 0 radical (unpaired) electrons. The Bertz CT molecular complexity index is 616. The molecule has 4 nitrogen and oxygen atoms in total. The molecular formula is C15H18N2O2S. The number of carbonyl (C=O) groups excluding carboxylic acids is 1. The van der Waals surface area contributed by atoms with Crippen molar-refractivity contribution in [2.24, 2.45) is 0 Å². The predicted molar refractivity (Wildman–Crippen MR) is 82.4 cm³/mol.